The molecule has 0 saturated heterocycles. The molecule has 0 radical (unpaired) electrons. The minimum absolute atomic E-state index is 0.0725. The second-order valence-electron chi connectivity index (χ2n) is 8.36. The summed E-state index contributed by atoms with van der Waals surface area (Å²) in [5.74, 6) is -0.135. The summed E-state index contributed by atoms with van der Waals surface area (Å²) in [6.07, 6.45) is 9.55. The number of aromatic nitrogens is 7. The number of fused-ring (bicyclic) bond motifs is 1. The Morgan fingerprint density at radius 1 is 1.06 bits per heavy atom. The highest BCUT2D eigenvalue weighted by molar-refractivity contribution is 7.93. The summed E-state index contributed by atoms with van der Waals surface area (Å²) >= 11 is 0. The maximum atomic E-state index is 14.6. The number of hydrogen-bond acceptors (Lipinski definition) is 7. The number of hydrogen-bond donors (Lipinski definition) is 1. The Morgan fingerprint density at radius 2 is 1.91 bits per heavy atom. The van der Waals surface area contributed by atoms with Crippen LogP contribution in [0.1, 0.15) is 12.8 Å². The monoisotopic (exact) mass is 490 g/mol. The minimum Gasteiger partial charge on any atom is -0.275 e. The molecule has 0 bridgehead atoms. The number of pyridine rings is 3. The van der Waals surface area contributed by atoms with E-state index in [1.165, 1.54) is 24.4 Å². The van der Waals surface area contributed by atoms with Crippen LogP contribution in [-0.4, -0.2) is 48.0 Å². The fourth-order valence-electron chi connectivity index (χ4n) is 3.83. The third kappa shape index (κ3) is 4.01. The number of sulfonamides is 1. The molecule has 0 aliphatic heterocycles. The van der Waals surface area contributed by atoms with Crippen LogP contribution in [0.5, 0.6) is 0 Å². The van der Waals surface area contributed by atoms with Gasteiger partial charge in [-0.15, -0.1) is 0 Å². The van der Waals surface area contributed by atoms with Crippen molar-refractivity contribution >= 4 is 27.0 Å². The zero-order valence-corrected chi connectivity index (χ0v) is 19.3. The highest BCUT2D eigenvalue weighted by Gasteiger charge is 2.36. The largest absolute Gasteiger partial charge is 0.275 e. The standard InChI is InChI=1S/C23H19FN8O2S/c1-31-12-16(11-28-31)15-7-19-23(26-10-15)32(13-27-19)21-9-14(22-18(24)3-2-6-25-22)8-20(29-21)30-35(33,34)17-4-5-17/h2-3,6-13,17H,4-5H2,1H3,(H,29,30). The van der Waals surface area contributed by atoms with Crippen LogP contribution in [0.25, 0.3) is 39.4 Å². The maximum absolute atomic E-state index is 14.6. The summed E-state index contributed by atoms with van der Waals surface area (Å²) in [6.45, 7) is 0. The molecular weight excluding hydrogens is 471 g/mol. The van der Waals surface area contributed by atoms with Gasteiger partial charge in [-0.2, -0.15) is 5.10 Å². The van der Waals surface area contributed by atoms with Crippen molar-refractivity contribution in [1.29, 1.82) is 0 Å². The van der Waals surface area contributed by atoms with E-state index in [4.69, 9.17) is 0 Å². The van der Waals surface area contributed by atoms with Gasteiger partial charge in [0.15, 0.2) is 5.65 Å². The van der Waals surface area contributed by atoms with Crippen molar-refractivity contribution in [2.45, 2.75) is 18.1 Å². The molecule has 1 N–H and O–H groups in total. The van der Waals surface area contributed by atoms with Crippen molar-refractivity contribution < 1.29 is 12.8 Å². The van der Waals surface area contributed by atoms with Crippen LogP contribution >= 0.6 is 0 Å². The molecule has 1 aliphatic carbocycles. The average Bonchev–Trinajstić information content (AvgIpc) is 3.49. The van der Waals surface area contributed by atoms with E-state index in [1.54, 1.807) is 34.0 Å². The van der Waals surface area contributed by atoms with Crippen molar-refractivity contribution in [1.82, 2.24) is 34.3 Å². The van der Waals surface area contributed by atoms with E-state index < -0.39 is 21.1 Å². The van der Waals surface area contributed by atoms with Gasteiger partial charge in [-0.1, -0.05) is 0 Å². The number of nitrogens with one attached hydrogen (secondary N) is 1. The second-order valence-corrected chi connectivity index (χ2v) is 10.3. The fraction of sp³-hybridized carbons (Fsp3) is 0.174. The molecule has 176 valence electrons. The molecule has 0 atom stereocenters. The Morgan fingerprint density at radius 3 is 2.66 bits per heavy atom. The summed E-state index contributed by atoms with van der Waals surface area (Å²) in [6, 6.07) is 7.77. The van der Waals surface area contributed by atoms with Gasteiger partial charge in [0.25, 0.3) is 0 Å². The molecule has 5 heterocycles. The summed E-state index contributed by atoms with van der Waals surface area (Å²) in [7, 11) is -1.75. The Hall–Kier alpha value is -4.19. The molecule has 1 saturated carbocycles. The highest BCUT2D eigenvalue weighted by Crippen LogP contribution is 2.32. The normalized spacial score (nSPS) is 13.9. The third-order valence-electron chi connectivity index (χ3n) is 5.73. The van der Waals surface area contributed by atoms with Crippen molar-refractivity contribution in [3.8, 4) is 28.2 Å². The number of imidazole rings is 1. The van der Waals surface area contributed by atoms with E-state index in [2.05, 4.69) is 29.8 Å². The van der Waals surface area contributed by atoms with Crippen molar-refractivity contribution in [3.63, 3.8) is 0 Å². The Labute approximate surface area is 199 Å². The number of nitrogens with zero attached hydrogens (tertiary/aromatic N) is 7. The van der Waals surface area contributed by atoms with Gasteiger partial charge in [0.1, 0.15) is 35.0 Å². The van der Waals surface area contributed by atoms with Gasteiger partial charge in [-0.25, -0.2) is 27.8 Å². The topological polar surface area (TPSA) is 120 Å². The van der Waals surface area contributed by atoms with Gasteiger partial charge in [-0.05, 0) is 43.2 Å². The molecule has 35 heavy (non-hydrogen) atoms. The van der Waals surface area contributed by atoms with Crippen molar-refractivity contribution in [3.05, 3.63) is 67.3 Å². The van der Waals surface area contributed by atoms with Gasteiger partial charge in [0, 0.05) is 42.3 Å². The predicted octanol–water partition coefficient (Wildman–Crippen LogP) is 3.32. The van der Waals surface area contributed by atoms with E-state index in [0.717, 1.165) is 11.1 Å². The van der Waals surface area contributed by atoms with Crippen LogP contribution in [0.2, 0.25) is 0 Å². The van der Waals surface area contributed by atoms with Gasteiger partial charge < -0.3 is 0 Å². The molecule has 12 heteroatoms. The summed E-state index contributed by atoms with van der Waals surface area (Å²) in [4.78, 5) is 17.6. The predicted molar refractivity (Wildman–Crippen MR) is 128 cm³/mol. The third-order valence-corrected chi connectivity index (χ3v) is 7.57. The first kappa shape index (κ1) is 21.4. The number of aryl methyl sites for hydroxylation is 1. The van der Waals surface area contributed by atoms with Gasteiger partial charge >= 0.3 is 0 Å². The first-order valence-corrected chi connectivity index (χ1v) is 12.4. The van der Waals surface area contributed by atoms with Crippen LogP contribution in [0, 0.1) is 5.82 Å². The summed E-state index contributed by atoms with van der Waals surface area (Å²) in [5, 5.41) is 3.75. The van der Waals surface area contributed by atoms with Crippen LogP contribution in [0.3, 0.4) is 0 Å². The van der Waals surface area contributed by atoms with E-state index >= 15 is 0 Å². The zero-order valence-electron chi connectivity index (χ0n) is 18.5. The summed E-state index contributed by atoms with van der Waals surface area (Å²) < 4.78 is 45.6. The Balaban J connectivity index is 1.47. The fourth-order valence-corrected chi connectivity index (χ4v) is 5.15. The molecular formula is C23H19FN8O2S. The molecule has 0 amide bonds. The SMILES string of the molecule is Cn1cc(-c2cnc3c(c2)ncn3-c2cc(-c3ncccc3F)cc(NS(=O)(=O)C3CC3)n2)cn1. The number of anilines is 1. The molecule has 1 fully saturated rings. The van der Waals surface area contributed by atoms with Crippen LogP contribution < -0.4 is 4.72 Å². The van der Waals surface area contributed by atoms with Crippen LogP contribution in [-0.2, 0) is 17.1 Å². The zero-order chi connectivity index (χ0) is 24.2. The van der Waals surface area contributed by atoms with E-state index in [1.807, 2.05) is 19.3 Å². The molecule has 10 nitrogen and oxygen atoms in total. The molecule has 6 rings (SSSR count). The molecule has 0 spiro atoms. The number of halogens is 1. The maximum Gasteiger partial charge on any atom is 0.236 e. The lowest BCUT2D eigenvalue weighted by atomic mass is 10.1. The van der Waals surface area contributed by atoms with E-state index in [-0.39, 0.29) is 11.5 Å². The molecule has 0 aromatic carbocycles. The lowest BCUT2D eigenvalue weighted by Gasteiger charge is -2.12. The quantitative estimate of drug-likeness (QED) is 0.388. The molecule has 5 aromatic rings. The van der Waals surface area contributed by atoms with Gasteiger partial charge in [-0.3, -0.25) is 19.0 Å². The van der Waals surface area contributed by atoms with Crippen LogP contribution in [0.4, 0.5) is 10.2 Å². The van der Waals surface area contributed by atoms with Gasteiger partial charge in [0.2, 0.25) is 10.0 Å². The van der Waals surface area contributed by atoms with E-state index in [0.29, 0.717) is 35.4 Å². The van der Waals surface area contributed by atoms with Crippen molar-refractivity contribution in [2.24, 2.45) is 7.05 Å². The molecule has 5 aromatic heterocycles. The Bertz CT molecular complexity index is 1690. The highest BCUT2D eigenvalue weighted by atomic mass is 32.2. The molecule has 1 aliphatic rings. The second kappa shape index (κ2) is 7.94. The summed E-state index contributed by atoms with van der Waals surface area (Å²) in [5.41, 5.74) is 3.34. The first-order valence-electron chi connectivity index (χ1n) is 10.8. The van der Waals surface area contributed by atoms with Crippen LogP contribution in [0.15, 0.2) is 61.4 Å². The lowest BCUT2D eigenvalue weighted by molar-refractivity contribution is 0.600. The Kier molecular flexibility index (Phi) is 4.85. The van der Waals surface area contributed by atoms with Gasteiger partial charge in [0.05, 0.1) is 11.4 Å². The van der Waals surface area contributed by atoms with Crippen molar-refractivity contribution in [2.75, 3.05) is 4.72 Å². The minimum atomic E-state index is -3.59. The number of rotatable bonds is 6. The van der Waals surface area contributed by atoms with E-state index in [9.17, 15) is 12.8 Å². The average molecular weight is 491 g/mol. The molecule has 0 unspecified atom stereocenters. The smallest absolute Gasteiger partial charge is 0.236 e. The first-order chi connectivity index (χ1) is 16.9. The lowest BCUT2D eigenvalue weighted by Crippen LogP contribution is -2.18.